The molecule has 1 atom stereocenters. The second kappa shape index (κ2) is 7.63. The minimum absolute atomic E-state index is 0.182. The molecule has 2 aromatic heterocycles. The number of imidazole rings is 1. The summed E-state index contributed by atoms with van der Waals surface area (Å²) in [5.41, 5.74) is 5.25. The van der Waals surface area contributed by atoms with E-state index in [1.807, 2.05) is 32.9 Å². The zero-order chi connectivity index (χ0) is 20.7. The molecule has 0 radical (unpaired) electrons. The van der Waals surface area contributed by atoms with Gasteiger partial charge in [-0.05, 0) is 38.3 Å². The van der Waals surface area contributed by atoms with Gasteiger partial charge < -0.3 is 19.0 Å². The molecule has 0 fully saturated rings. The highest BCUT2D eigenvalue weighted by Crippen LogP contribution is 2.39. The van der Waals surface area contributed by atoms with Crippen molar-refractivity contribution in [1.82, 2.24) is 19.5 Å². The minimum Gasteiger partial charge on any atom is -0.467 e. The lowest BCUT2D eigenvalue weighted by molar-refractivity contribution is -0.109. The Morgan fingerprint density at radius 2 is 1.93 bits per heavy atom. The summed E-state index contributed by atoms with van der Waals surface area (Å²) in [5, 5.41) is 0.589. The van der Waals surface area contributed by atoms with E-state index in [4.69, 9.17) is 21.3 Å². The van der Waals surface area contributed by atoms with Crippen LogP contribution >= 0.6 is 11.6 Å². The van der Waals surface area contributed by atoms with Gasteiger partial charge in [0.05, 0.1) is 34.7 Å². The van der Waals surface area contributed by atoms with E-state index >= 15 is 0 Å². The molecule has 1 aliphatic rings. The van der Waals surface area contributed by atoms with Gasteiger partial charge in [-0.25, -0.2) is 4.98 Å². The van der Waals surface area contributed by atoms with Crippen LogP contribution in [0.25, 0.3) is 11.0 Å². The van der Waals surface area contributed by atoms with Crippen LogP contribution in [-0.4, -0.2) is 39.5 Å². The smallest absolute Gasteiger partial charge is 0.316 e. The number of nitrogens with zero attached hydrogens (tertiary/aromatic N) is 5. The van der Waals surface area contributed by atoms with Crippen LogP contribution in [0.15, 0.2) is 12.1 Å². The number of carbonyl (C=O) groups excluding carboxylic acids is 1. The molecule has 0 saturated heterocycles. The Bertz CT molecular complexity index is 1070. The Kier molecular flexibility index (Phi) is 5.17. The third-order valence-electron chi connectivity index (χ3n) is 5.53. The van der Waals surface area contributed by atoms with Crippen molar-refractivity contribution in [2.45, 2.75) is 46.1 Å². The predicted molar refractivity (Wildman–Crippen MR) is 114 cm³/mol. The number of hydrogen-bond acceptors (Lipinski definition) is 6. The molecule has 0 aliphatic carbocycles. The molecule has 152 valence electrons. The number of ether oxygens (including phenoxy) is 1. The van der Waals surface area contributed by atoms with Gasteiger partial charge in [-0.1, -0.05) is 24.6 Å². The van der Waals surface area contributed by atoms with Gasteiger partial charge in [0, 0.05) is 19.0 Å². The van der Waals surface area contributed by atoms with Gasteiger partial charge in [0.15, 0.2) is 0 Å². The Hall–Kier alpha value is -2.67. The van der Waals surface area contributed by atoms with E-state index in [1.165, 1.54) is 0 Å². The summed E-state index contributed by atoms with van der Waals surface area (Å²) in [6.45, 7) is 7.54. The average molecular weight is 414 g/mol. The van der Waals surface area contributed by atoms with Crippen LogP contribution in [0.4, 0.5) is 11.6 Å². The lowest BCUT2D eigenvalue weighted by Gasteiger charge is -2.31. The molecule has 0 amide bonds. The second-order valence-electron chi connectivity index (χ2n) is 7.28. The Balaban J connectivity index is 1.95. The van der Waals surface area contributed by atoms with Gasteiger partial charge in [-0.15, -0.1) is 0 Å². The van der Waals surface area contributed by atoms with Crippen LogP contribution in [0.3, 0.4) is 0 Å². The van der Waals surface area contributed by atoms with Gasteiger partial charge in [-0.3, -0.25) is 0 Å². The largest absolute Gasteiger partial charge is 0.467 e. The number of fused-ring (bicyclic) bond motifs is 3. The van der Waals surface area contributed by atoms with Crippen LogP contribution in [0, 0.1) is 13.8 Å². The number of aryl methyl sites for hydroxylation is 3. The first kappa shape index (κ1) is 19.6. The predicted octanol–water partition coefficient (Wildman–Crippen LogP) is 4.34. The van der Waals surface area contributed by atoms with E-state index in [2.05, 4.69) is 19.4 Å². The first-order valence-electron chi connectivity index (χ1n) is 9.80. The number of rotatable bonds is 5. The van der Waals surface area contributed by atoms with Gasteiger partial charge in [-0.2, -0.15) is 9.97 Å². The number of benzene rings is 1. The molecule has 7 nitrogen and oxygen atoms in total. The van der Waals surface area contributed by atoms with Crippen LogP contribution in [-0.2, 0) is 11.3 Å². The standard InChI is InChI=1S/C21H24ClN5O2/c1-5-14(11-28)15-7-8-16(22)17-19(15)27-10-6-9-26(21(27)25-17)18-12(2)23-20(29-4)24-13(18)3/h7-8,11,14H,5-6,9-10H2,1-4H3. The van der Waals surface area contributed by atoms with E-state index in [1.54, 1.807) is 7.11 Å². The summed E-state index contributed by atoms with van der Waals surface area (Å²) in [6, 6.07) is 4.15. The summed E-state index contributed by atoms with van der Waals surface area (Å²) >= 11 is 6.51. The fourth-order valence-corrected chi connectivity index (χ4v) is 4.38. The second-order valence-corrected chi connectivity index (χ2v) is 7.69. The van der Waals surface area contributed by atoms with Crippen molar-refractivity contribution in [1.29, 1.82) is 0 Å². The highest BCUT2D eigenvalue weighted by atomic mass is 35.5. The maximum atomic E-state index is 11.7. The number of hydrogen-bond donors (Lipinski definition) is 0. The summed E-state index contributed by atoms with van der Waals surface area (Å²) in [5.74, 6) is 0.625. The van der Waals surface area contributed by atoms with Crippen LogP contribution in [0.2, 0.25) is 5.02 Å². The normalized spacial score (nSPS) is 14.7. The first-order valence-corrected chi connectivity index (χ1v) is 10.2. The number of aldehydes is 1. The molecule has 1 aromatic carbocycles. The van der Waals surface area contributed by atoms with Crippen molar-refractivity contribution in [2.24, 2.45) is 0 Å². The van der Waals surface area contributed by atoms with Crippen molar-refractivity contribution >= 4 is 40.6 Å². The van der Waals surface area contributed by atoms with E-state index in [-0.39, 0.29) is 5.92 Å². The highest BCUT2D eigenvalue weighted by Gasteiger charge is 2.29. The molecular weight excluding hydrogens is 390 g/mol. The molecular formula is C21H24ClN5O2. The molecule has 3 heterocycles. The van der Waals surface area contributed by atoms with Gasteiger partial charge in [0.2, 0.25) is 5.95 Å². The molecule has 0 saturated carbocycles. The summed E-state index contributed by atoms with van der Waals surface area (Å²) in [7, 11) is 1.56. The maximum absolute atomic E-state index is 11.7. The van der Waals surface area contributed by atoms with E-state index in [0.29, 0.717) is 11.0 Å². The molecule has 29 heavy (non-hydrogen) atoms. The molecule has 0 bridgehead atoms. The zero-order valence-electron chi connectivity index (χ0n) is 17.1. The number of aromatic nitrogens is 4. The molecule has 1 unspecified atom stereocenters. The van der Waals surface area contributed by atoms with Crippen molar-refractivity contribution in [3.8, 4) is 6.01 Å². The fraction of sp³-hybridized carbons (Fsp3) is 0.429. The monoisotopic (exact) mass is 413 g/mol. The lowest BCUT2D eigenvalue weighted by atomic mass is 9.96. The average Bonchev–Trinajstić information content (AvgIpc) is 3.11. The van der Waals surface area contributed by atoms with E-state index < -0.39 is 0 Å². The van der Waals surface area contributed by atoms with Gasteiger partial charge >= 0.3 is 6.01 Å². The van der Waals surface area contributed by atoms with Crippen LogP contribution in [0.1, 0.15) is 42.6 Å². The summed E-state index contributed by atoms with van der Waals surface area (Å²) in [4.78, 5) is 27.7. The first-order chi connectivity index (χ1) is 14.0. The third kappa shape index (κ3) is 3.13. The molecule has 8 heteroatoms. The van der Waals surface area contributed by atoms with Crippen LogP contribution < -0.4 is 9.64 Å². The topological polar surface area (TPSA) is 73.1 Å². The zero-order valence-corrected chi connectivity index (χ0v) is 17.8. The molecule has 4 rings (SSSR count). The Morgan fingerprint density at radius 3 is 2.55 bits per heavy atom. The molecule has 1 aliphatic heterocycles. The minimum atomic E-state index is -0.182. The van der Waals surface area contributed by atoms with Crippen molar-refractivity contribution in [3.63, 3.8) is 0 Å². The van der Waals surface area contributed by atoms with Crippen molar-refractivity contribution in [2.75, 3.05) is 18.6 Å². The number of carbonyl (C=O) groups is 1. The summed E-state index contributed by atoms with van der Waals surface area (Å²) < 4.78 is 7.38. The Morgan fingerprint density at radius 1 is 1.21 bits per heavy atom. The number of halogens is 1. The lowest BCUT2D eigenvalue weighted by Crippen LogP contribution is -2.30. The SMILES string of the molecule is CCC(C=O)c1ccc(Cl)c2nc3n(c12)CCCN3c1c(C)nc(OC)nc1C. The summed E-state index contributed by atoms with van der Waals surface area (Å²) in [6.07, 6.45) is 2.68. The van der Waals surface area contributed by atoms with E-state index in [9.17, 15) is 4.79 Å². The van der Waals surface area contributed by atoms with Gasteiger partial charge in [0.25, 0.3) is 0 Å². The quantitative estimate of drug-likeness (QED) is 0.579. The third-order valence-corrected chi connectivity index (χ3v) is 5.83. The molecule has 0 spiro atoms. The van der Waals surface area contributed by atoms with Gasteiger partial charge in [0.1, 0.15) is 11.8 Å². The molecule has 3 aromatic rings. The Labute approximate surface area is 174 Å². The highest BCUT2D eigenvalue weighted by molar-refractivity contribution is 6.35. The maximum Gasteiger partial charge on any atom is 0.316 e. The van der Waals surface area contributed by atoms with E-state index in [0.717, 1.165) is 71.8 Å². The van der Waals surface area contributed by atoms with Crippen molar-refractivity contribution in [3.05, 3.63) is 34.1 Å². The fourth-order valence-electron chi connectivity index (χ4n) is 4.19. The van der Waals surface area contributed by atoms with Crippen LogP contribution in [0.5, 0.6) is 6.01 Å². The number of methoxy groups -OCH3 is 1. The number of anilines is 2. The van der Waals surface area contributed by atoms with Crippen molar-refractivity contribution < 1.29 is 9.53 Å². The molecule has 0 N–H and O–H groups in total.